The van der Waals surface area contributed by atoms with Crippen LogP contribution in [-0.4, -0.2) is 41.1 Å². The summed E-state index contributed by atoms with van der Waals surface area (Å²) in [4.78, 5) is 16.9. The van der Waals surface area contributed by atoms with Crippen LogP contribution in [0.25, 0.3) is 0 Å². The molecule has 0 saturated carbocycles. The largest absolute Gasteiger partial charge is 0.397 e. The van der Waals surface area contributed by atoms with Crippen molar-refractivity contribution in [2.45, 2.75) is 0 Å². The van der Waals surface area contributed by atoms with Gasteiger partial charge in [-0.3, -0.25) is 4.79 Å². The number of pyridine rings is 1. The smallest absolute Gasteiger partial charge is 0.255 e. The standard InChI is InChI=1S/C9H12ClN3O2/c1-13(2-3-14)9(15)6-4-8(10)12-5-7(6)11/h4-5,14H,2-3,11H2,1H3. The topological polar surface area (TPSA) is 79.5 Å². The lowest BCUT2D eigenvalue weighted by molar-refractivity contribution is 0.0768. The summed E-state index contributed by atoms with van der Waals surface area (Å²) in [6.45, 7) is 0.152. The minimum atomic E-state index is -0.286. The molecule has 0 bridgehead atoms. The van der Waals surface area contributed by atoms with Crippen molar-refractivity contribution in [3.63, 3.8) is 0 Å². The summed E-state index contributed by atoms with van der Waals surface area (Å²) < 4.78 is 0. The second-order valence-corrected chi connectivity index (χ2v) is 3.43. The van der Waals surface area contributed by atoms with E-state index in [2.05, 4.69) is 4.98 Å². The van der Waals surface area contributed by atoms with Crippen molar-refractivity contribution in [2.75, 3.05) is 25.9 Å². The zero-order chi connectivity index (χ0) is 11.4. The molecular weight excluding hydrogens is 218 g/mol. The van der Waals surface area contributed by atoms with E-state index in [4.69, 9.17) is 22.4 Å². The van der Waals surface area contributed by atoms with Gasteiger partial charge in [-0.15, -0.1) is 0 Å². The molecule has 0 aliphatic heterocycles. The van der Waals surface area contributed by atoms with Crippen LogP contribution in [0.2, 0.25) is 5.15 Å². The molecule has 0 spiro atoms. The van der Waals surface area contributed by atoms with Gasteiger partial charge in [0.15, 0.2) is 0 Å². The predicted molar refractivity (Wildman–Crippen MR) is 57.7 cm³/mol. The molecule has 0 fully saturated rings. The fourth-order valence-electron chi connectivity index (χ4n) is 1.08. The quantitative estimate of drug-likeness (QED) is 0.735. The van der Waals surface area contributed by atoms with Crippen molar-refractivity contribution in [3.05, 3.63) is 23.0 Å². The third-order valence-electron chi connectivity index (χ3n) is 1.91. The Morgan fingerprint density at radius 3 is 3.00 bits per heavy atom. The number of carbonyl (C=O) groups is 1. The van der Waals surface area contributed by atoms with Crippen molar-refractivity contribution in [1.82, 2.24) is 9.88 Å². The molecule has 6 heteroatoms. The maximum Gasteiger partial charge on any atom is 0.255 e. The molecule has 0 aliphatic rings. The Bertz CT molecular complexity index is 370. The van der Waals surface area contributed by atoms with Crippen LogP contribution in [0.4, 0.5) is 5.69 Å². The summed E-state index contributed by atoms with van der Waals surface area (Å²) in [5, 5.41) is 8.91. The van der Waals surface area contributed by atoms with Gasteiger partial charge in [-0.25, -0.2) is 4.98 Å². The Morgan fingerprint density at radius 1 is 1.73 bits per heavy atom. The normalized spacial score (nSPS) is 10.1. The Morgan fingerprint density at radius 2 is 2.40 bits per heavy atom. The molecule has 1 heterocycles. The average Bonchev–Trinajstić information content (AvgIpc) is 2.21. The summed E-state index contributed by atoms with van der Waals surface area (Å²) in [5.41, 5.74) is 6.16. The third kappa shape index (κ3) is 2.81. The molecule has 0 atom stereocenters. The number of carbonyl (C=O) groups excluding carboxylic acids is 1. The Labute approximate surface area is 92.5 Å². The highest BCUT2D eigenvalue weighted by Crippen LogP contribution is 2.16. The van der Waals surface area contributed by atoms with Gasteiger partial charge in [0.2, 0.25) is 0 Å². The van der Waals surface area contributed by atoms with Gasteiger partial charge >= 0.3 is 0 Å². The number of hydrogen-bond donors (Lipinski definition) is 2. The minimum absolute atomic E-state index is 0.0963. The van der Waals surface area contributed by atoms with E-state index in [0.29, 0.717) is 5.56 Å². The number of rotatable bonds is 3. The van der Waals surface area contributed by atoms with Crippen LogP contribution >= 0.6 is 11.6 Å². The van der Waals surface area contributed by atoms with Gasteiger partial charge in [0.1, 0.15) is 5.15 Å². The molecule has 0 radical (unpaired) electrons. The maximum atomic E-state index is 11.8. The monoisotopic (exact) mass is 229 g/mol. The number of likely N-dealkylation sites (N-methyl/N-ethyl adjacent to an activating group) is 1. The molecule has 5 nitrogen and oxygen atoms in total. The maximum absolute atomic E-state index is 11.8. The van der Waals surface area contributed by atoms with Gasteiger partial charge in [-0.1, -0.05) is 11.6 Å². The lowest BCUT2D eigenvalue weighted by Crippen LogP contribution is -2.30. The van der Waals surface area contributed by atoms with Crippen molar-refractivity contribution in [2.24, 2.45) is 0 Å². The highest BCUT2D eigenvalue weighted by Gasteiger charge is 2.14. The van der Waals surface area contributed by atoms with E-state index in [1.807, 2.05) is 0 Å². The van der Waals surface area contributed by atoms with Crippen LogP contribution in [0.3, 0.4) is 0 Å². The SMILES string of the molecule is CN(CCO)C(=O)c1cc(Cl)ncc1N. The zero-order valence-corrected chi connectivity index (χ0v) is 9.03. The Hall–Kier alpha value is -1.33. The summed E-state index contributed by atoms with van der Waals surface area (Å²) in [6, 6.07) is 1.41. The number of halogens is 1. The van der Waals surface area contributed by atoms with E-state index >= 15 is 0 Å². The number of anilines is 1. The van der Waals surface area contributed by atoms with Crippen LogP contribution in [0.15, 0.2) is 12.3 Å². The van der Waals surface area contributed by atoms with Gasteiger partial charge in [-0.05, 0) is 6.07 Å². The molecule has 1 aromatic rings. The molecule has 82 valence electrons. The van der Waals surface area contributed by atoms with Crippen molar-refractivity contribution < 1.29 is 9.90 Å². The molecule has 1 rings (SSSR count). The van der Waals surface area contributed by atoms with Gasteiger partial charge in [0.05, 0.1) is 24.1 Å². The molecule has 15 heavy (non-hydrogen) atoms. The average molecular weight is 230 g/mol. The van der Waals surface area contributed by atoms with Gasteiger partial charge in [-0.2, -0.15) is 0 Å². The molecular formula is C9H12ClN3O2. The molecule has 0 aliphatic carbocycles. The number of nitrogens with zero attached hydrogens (tertiary/aromatic N) is 2. The number of amides is 1. The number of nitrogens with two attached hydrogens (primary N) is 1. The summed E-state index contributed by atoms with van der Waals surface area (Å²) in [6.07, 6.45) is 1.34. The van der Waals surface area contributed by atoms with E-state index in [0.717, 1.165) is 0 Å². The number of aromatic nitrogens is 1. The lowest BCUT2D eigenvalue weighted by Gasteiger charge is -2.16. The molecule has 0 saturated heterocycles. The number of hydrogen-bond acceptors (Lipinski definition) is 4. The summed E-state index contributed by atoms with van der Waals surface area (Å²) >= 11 is 5.66. The van der Waals surface area contributed by atoms with Gasteiger partial charge in [0.25, 0.3) is 5.91 Å². The van der Waals surface area contributed by atoms with E-state index in [9.17, 15) is 4.79 Å². The zero-order valence-electron chi connectivity index (χ0n) is 8.27. The molecule has 1 amide bonds. The highest BCUT2D eigenvalue weighted by molar-refractivity contribution is 6.29. The van der Waals surface area contributed by atoms with E-state index in [1.165, 1.54) is 17.2 Å². The Balaban J connectivity index is 2.95. The predicted octanol–water partition coefficient (Wildman–Crippen LogP) is 0.381. The third-order valence-corrected chi connectivity index (χ3v) is 2.12. The molecule has 0 aromatic carbocycles. The van der Waals surface area contributed by atoms with Crippen molar-refractivity contribution >= 4 is 23.2 Å². The number of aliphatic hydroxyl groups is 1. The molecule has 1 aromatic heterocycles. The first kappa shape index (κ1) is 11.7. The van der Waals surface area contributed by atoms with Crippen LogP contribution in [0, 0.1) is 0 Å². The first-order chi connectivity index (χ1) is 7.06. The highest BCUT2D eigenvalue weighted by atomic mass is 35.5. The first-order valence-corrected chi connectivity index (χ1v) is 4.71. The van der Waals surface area contributed by atoms with E-state index in [-0.39, 0.29) is 29.9 Å². The molecule has 3 N–H and O–H groups in total. The van der Waals surface area contributed by atoms with Crippen molar-refractivity contribution in [1.29, 1.82) is 0 Å². The van der Waals surface area contributed by atoms with Crippen LogP contribution in [-0.2, 0) is 0 Å². The van der Waals surface area contributed by atoms with Crippen molar-refractivity contribution in [3.8, 4) is 0 Å². The lowest BCUT2D eigenvalue weighted by atomic mass is 10.2. The van der Waals surface area contributed by atoms with Gasteiger partial charge in [0, 0.05) is 13.6 Å². The van der Waals surface area contributed by atoms with Gasteiger partial charge < -0.3 is 15.7 Å². The van der Waals surface area contributed by atoms with E-state index in [1.54, 1.807) is 7.05 Å². The van der Waals surface area contributed by atoms with Crippen LogP contribution in [0.5, 0.6) is 0 Å². The Kier molecular flexibility index (Phi) is 3.88. The van der Waals surface area contributed by atoms with Crippen LogP contribution < -0.4 is 5.73 Å². The summed E-state index contributed by atoms with van der Waals surface area (Å²) in [7, 11) is 1.58. The number of nitrogen functional groups attached to an aromatic ring is 1. The fourth-order valence-corrected chi connectivity index (χ4v) is 1.24. The minimum Gasteiger partial charge on any atom is -0.397 e. The second-order valence-electron chi connectivity index (χ2n) is 3.04. The van der Waals surface area contributed by atoms with Crippen LogP contribution in [0.1, 0.15) is 10.4 Å². The number of aliphatic hydroxyl groups excluding tert-OH is 1. The summed E-state index contributed by atoms with van der Waals surface area (Å²) in [5.74, 6) is -0.286. The first-order valence-electron chi connectivity index (χ1n) is 4.33. The molecule has 0 unspecified atom stereocenters. The second kappa shape index (κ2) is 4.95. The fraction of sp³-hybridized carbons (Fsp3) is 0.333. The van der Waals surface area contributed by atoms with E-state index < -0.39 is 0 Å².